The van der Waals surface area contributed by atoms with Crippen LogP contribution in [-0.4, -0.2) is 22.3 Å². The quantitative estimate of drug-likeness (QED) is 0.441. The molecule has 6 nitrogen and oxygen atoms in total. The molecule has 3 rings (SSSR count). The summed E-state index contributed by atoms with van der Waals surface area (Å²) >= 11 is 0. The Labute approximate surface area is 157 Å². The van der Waals surface area contributed by atoms with Crippen LogP contribution >= 0.6 is 0 Å². The first-order valence-electron chi connectivity index (χ1n) is 9.01. The van der Waals surface area contributed by atoms with Gasteiger partial charge >= 0.3 is 0 Å². The van der Waals surface area contributed by atoms with Gasteiger partial charge in [-0.15, -0.1) is 0 Å². The lowest BCUT2D eigenvalue weighted by Gasteiger charge is -2.27. The fourth-order valence-corrected chi connectivity index (χ4v) is 3.24. The number of para-hydroxylation sites is 2. The maximum atomic E-state index is 13.0. The summed E-state index contributed by atoms with van der Waals surface area (Å²) in [4.78, 5) is 25.5. The Morgan fingerprint density at radius 2 is 1.89 bits per heavy atom. The Bertz CT molecular complexity index is 930. The second kappa shape index (κ2) is 8.03. The SMILES string of the molecule is CCCN(C(=O)Cc1ccccc1[N+](=O)[O-])C(C)c1cc2ccccc2o1. The Hall–Kier alpha value is -3.15. The third-order valence-corrected chi connectivity index (χ3v) is 4.64. The number of carbonyl (C=O) groups is 1. The van der Waals surface area contributed by atoms with Gasteiger partial charge in [0.05, 0.1) is 17.4 Å². The standard InChI is InChI=1S/C21H22N2O4/c1-3-12-22(15(2)20-13-17-9-5-7-11-19(17)27-20)21(24)14-16-8-4-6-10-18(16)23(25)26/h4-11,13,15H,3,12,14H2,1-2H3. The number of fused-ring (bicyclic) bond motifs is 1. The molecule has 1 aromatic heterocycles. The maximum absolute atomic E-state index is 13.0. The number of nitrogens with zero attached hydrogens (tertiary/aromatic N) is 2. The zero-order chi connectivity index (χ0) is 19.4. The molecule has 0 aliphatic carbocycles. The smallest absolute Gasteiger partial charge is 0.273 e. The van der Waals surface area contributed by atoms with Crippen LogP contribution in [0.3, 0.4) is 0 Å². The third kappa shape index (κ3) is 4.00. The van der Waals surface area contributed by atoms with E-state index in [-0.39, 0.29) is 24.1 Å². The molecule has 3 aromatic rings. The second-order valence-electron chi connectivity index (χ2n) is 6.51. The highest BCUT2D eigenvalue weighted by Gasteiger charge is 2.25. The van der Waals surface area contributed by atoms with Gasteiger partial charge in [-0.1, -0.05) is 43.3 Å². The Kier molecular flexibility index (Phi) is 5.54. The van der Waals surface area contributed by atoms with Gasteiger partial charge in [0.2, 0.25) is 5.91 Å². The van der Waals surface area contributed by atoms with Crippen molar-refractivity contribution in [3.63, 3.8) is 0 Å². The second-order valence-corrected chi connectivity index (χ2v) is 6.51. The van der Waals surface area contributed by atoms with E-state index < -0.39 is 4.92 Å². The fourth-order valence-electron chi connectivity index (χ4n) is 3.24. The van der Waals surface area contributed by atoms with Gasteiger partial charge in [-0.2, -0.15) is 0 Å². The largest absolute Gasteiger partial charge is 0.459 e. The van der Waals surface area contributed by atoms with Crippen molar-refractivity contribution in [1.29, 1.82) is 0 Å². The normalized spacial score (nSPS) is 12.1. The van der Waals surface area contributed by atoms with Crippen molar-refractivity contribution in [2.24, 2.45) is 0 Å². The summed E-state index contributed by atoms with van der Waals surface area (Å²) < 4.78 is 5.92. The summed E-state index contributed by atoms with van der Waals surface area (Å²) in [7, 11) is 0. The summed E-state index contributed by atoms with van der Waals surface area (Å²) in [5.41, 5.74) is 1.17. The minimum absolute atomic E-state index is 0.0122. The van der Waals surface area contributed by atoms with Gasteiger partial charge in [-0.25, -0.2) is 0 Å². The topological polar surface area (TPSA) is 76.6 Å². The number of hydrogen-bond acceptors (Lipinski definition) is 4. The summed E-state index contributed by atoms with van der Waals surface area (Å²) in [5, 5.41) is 12.2. The van der Waals surface area contributed by atoms with E-state index in [0.29, 0.717) is 17.9 Å². The molecule has 0 fully saturated rings. The van der Waals surface area contributed by atoms with E-state index in [1.54, 1.807) is 23.1 Å². The van der Waals surface area contributed by atoms with Crippen LogP contribution in [0.15, 0.2) is 59.0 Å². The number of nitro benzene ring substituents is 1. The number of nitro groups is 1. The van der Waals surface area contributed by atoms with Crippen molar-refractivity contribution in [2.45, 2.75) is 32.7 Å². The molecule has 0 N–H and O–H groups in total. The molecular formula is C21H22N2O4. The van der Waals surface area contributed by atoms with Crippen LogP contribution in [0, 0.1) is 10.1 Å². The van der Waals surface area contributed by atoms with Gasteiger partial charge in [0.1, 0.15) is 11.3 Å². The molecule has 0 bridgehead atoms. The lowest BCUT2D eigenvalue weighted by atomic mass is 10.1. The van der Waals surface area contributed by atoms with Crippen LogP contribution in [0.4, 0.5) is 5.69 Å². The molecule has 2 aromatic carbocycles. The molecule has 0 saturated carbocycles. The minimum Gasteiger partial charge on any atom is -0.459 e. The van der Waals surface area contributed by atoms with Gasteiger partial charge in [0, 0.05) is 23.6 Å². The zero-order valence-corrected chi connectivity index (χ0v) is 15.4. The molecule has 1 unspecified atom stereocenters. The van der Waals surface area contributed by atoms with Gasteiger partial charge in [0.15, 0.2) is 0 Å². The van der Waals surface area contributed by atoms with E-state index in [0.717, 1.165) is 17.4 Å². The summed E-state index contributed by atoms with van der Waals surface area (Å²) in [6, 6.07) is 15.8. The molecule has 6 heteroatoms. The van der Waals surface area contributed by atoms with Crippen LogP contribution in [-0.2, 0) is 11.2 Å². The first kappa shape index (κ1) is 18.6. The molecule has 0 spiro atoms. The number of rotatable bonds is 7. The molecule has 0 radical (unpaired) electrons. The highest BCUT2D eigenvalue weighted by Crippen LogP contribution is 2.28. The third-order valence-electron chi connectivity index (χ3n) is 4.64. The fraction of sp³-hybridized carbons (Fsp3) is 0.286. The molecule has 0 aliphatic rings. The Morgan fingerprint density at radius 1 is 1.19 bits per heavy atom. The molecule has 1 amide bonds. The van der Waals surface area contributed by atoms with E-state index in [9.17, 15) is 14.9 Å². The lowest BCUT2D eigenvalue weighted by molar-refractivity contribution is -0.385. The van der Waals surface area contributed by atoms with Crippen LogP contribution in [0.5, 0.6) is 0 Å². The predicted octanol–water partition coefficient (Wildman–Crippen LogP) is 4.88. The average molecular weight is 366 g/mol. The minimum atomic E-state index is -0.449. The maximum Gasteiger partial charge on any atom is 0.273 e. The first-order valence-corrected chi connectivity index (χ1v) is 9.01. The molecule has 1 heterocycles. The van der Waals surface area contributed by atoms with E-state index in [1.165, 1.54) is 6.07 Å². The Morgan fingerprint density at radius 3 is 2.59 bits per heavy atom. The average Bonchev–Trinajstić information content (AvgIpc) is 3.10. The number of carbonyl (C=O) groups excluding carboxylic acids is 1. The van der Waals surface area contributed by atoms with Crippen molar-refractivity contribution in [1.82, 2.24) is 4.90 Å². The predicted molar refractivity (Wildman–Crippen MR) is 103 cm³/mol. The van der Waals surface area contributed by atoms with Gasteiger partial charge < -0.3 is 9.32 Å². The van der Waals surface area contributed by atoms with Crippen LogP contribution < -0.4 is 0 Å². The van der Waals surface area contributed by atoms with E-state index in [2.05, 4.69) is 0 Å². The zero-order valence-electron chi connectivity index (χ0n) is 15.4. The first-order chi connectivity index (χ1) is 13.0. The highest BCUT2D eigenvalue weighted by molar-refractivity contribution is 5.81. The Balaban J connectivity index is 1.86. The van der Waals surface area contributed by atoms with Crippen LogP contribution in [0.1, 0.15) is 37.6 Å². The van der Waals surface area contributed by atoms with Gasteiger partial charge in [-0.05, 0) is 25.5 Å². The lowest BCUT2D eigenvalue weighted by Crippen LogP contribution is -2.35. The monoisotopic (exact) mass is 366 g/mol. The van der Waals surface area contributed by atoms with Crippen LogP contribution in [0.25, 0.3) is 11.0 Å². The van der Waals surface area contributed by atoms with E-state index in [1.807, 2.05) is 44.2 Å². The van der Waals surface area contributed by atoms with Crippen LogP contribution in [0.2, 0.25) is 0 Å². The highest BCUT2D eigenvalue weighted by atomic mass is 16.6. The number of amides is 1. The summed E-state index contributed by atoms with van der Waals surface area (Å²) in [6.07, 6.45) is 0.773. The van der Waals surface area contributed by atoms with Gasteiger partial charge in [-0.3, -0.25) is 14.9 Å². The van der Waals surface area contributed by atoms with Crippen molar-refractivity contribution >= 4 is 22.6 Å². The number of furan rings is 1. The summed E-state index contributed by atoms with van der Waals surface area (Å²) in [6.45, 7) is 4.47. The van der Waals surface area contributed by atoms with E-state index >= 15 is 0 Å². The van der Waals surface area contributed by atoms with Crippen molar-refractivity contribution in [3.8, 4) is 0 Å². The van der Waals surface area contributed by atoms with Gasteiger partial charge in [0.25, 0.3) is 5.69 Å². The van der Waals surface area contributed by atoms with Crippen molar-refractivity contribution in [3.05, 3.63) is 76.0 Å². The molecule has 0 aliphatic heterocycles. The number of benzene rings is 2. The number of hydrogen-bond donors (Lipinski definition) is 0. The molecular weight excluding hydrogens is 344 g/mol. The molecule has 0 saturated heterocycles. The molecule has 1 atom stereocenters. The van der Waals surface area contributed by atoms with Crippen molar-refractivity contribution < 1.29 is 14.1 Å². The summed E-state index contributed by atoms with van der Waals surface area (Å²) in [5.74, 6) is 0.555. The molecule has 140 valence electrons. The molecule has 27 heavy (non-hydrogen) atoms. The van der Waals surface area contributed by atoms with Crippen molar-refractivity contribution in [2.75, 3.05) is 6.54 Å². The van der Waals surface area contributed by atoms with E-state index in [4.69, 9.17) is 4.42 Å².